The number of carbonyl (C=O) groups is 2. The molecule has 29 heavy (non-hydrogen) atoms. The highest BCUT2D eigenvalue weighted by Crippen LogP contribution is 2.32. The third-order valence-corrected chi connectivity index (χ3v) is 6.53. The van der Waals surface area contributed by atoms with Crippen molar-refractivity contribution >= 4 is 33.4 Å². The minimum absolute atomic E-state index is 0.00909. The van der Waals surface area contributed by atoms with Crippen LogP contribution >= 0.6 is 11.3 Å². The van der Waals surface area contributed by atoms with Crippen molar-refractivity contribution in [1.82, 2.24) is 9.47 Å². The van der Waals surface area contributed by atoms with Gasteiger partial charge in [0.05, 0.1) is 28.8 Å². The average molecular weight is 411 g/mol. The average Bonchev–Trinajstić information content (AvgIpc) is 3.35. The van der Waals surface area contributed by atoms with Gasteiger partial charge in [0.1, 0.15) is 5.69 Å². The number of ether oxygens (including phenoxy) is 1. The zero-order valence-electron chi connectivity index (χ0n) is 16.8. The van der Waals surface area contributed by atoms with E-state index in [9.17, 15) is 9.59 Å². The molecule has 4 rings (SSSR count). The molecular weight excluding hydrogens is 384 g/mol. The van der Waals surface area contributed by atoms with Gasteiger partial charge in [-0.3, -0.25) is 9.59 Å². The Bertz CT molecular complexity index is 1010. The number of esters is 1. The van der Waals surface area contributed by atoms with E-state index >= 15 is 0 Å². The summed E-state index contributed by atoms with van der Waals surface area (Å²) < 4.78 is 8.43. The molecule has 1 saturated heterocycles. The van der Waals surface area contributed by atoms with Gasteiger partial charge >= 0.3 is 5.97 Å². The Kier molecular flexibility index (Phi) is 5.72. The highest BCUT2D eigenvalue weighted by molar-refractivity contribution is 7.17. The number of rotatable bonds is 5. The third-order valence-electron chi connectivity index (χ3n) is 5.68. The molecule has 0 radical (unpaired) electrons. The SMILES string of the molecule is CCOC(=O)[C@H]1CCCN(C(=O)c2cc3sccc3n2[C@@H](C)c2ccccc2)C1. The van der Waals surface area contributed by atoms with E-state index < -0.39 is 0 Å². The molecule has 1 aliphatic heterocycles. The van der Waals surface area contributed by atoms with Crippen molar-refractivity contribution in [2.45, 2.75) is 32.7 Å². The Morgan fingerprint density at radius 2 is 2.03 bits per heavy atom. The molecule has 3 heterocycles. The number of amides is 1. The molecule has 1 fully saturated rings. The summed E-state index contributed by atoms with van der Waals surface area (Å²) in [4.78, 5) is 27.5. The Labute approximate surface area is 174 Å². The van der Waals surface area contributed by atoms with Gasteiger partial charge in [0, 0.05) is 13.1 Å². The number of thiophene rings is 1. The largest absolute Gasteiger partial charge is 0.466 e. The number of nitrogens with zero attached hydrogens (tertiary/aromatic N) is 2. The maximum atomic E-state index is 13.5. The second-order valence-corrected chi connectivity index (χ2v) is 8.45. The van der Waals surface area contributed by atoms with E-state index in [1.807, 2.05) is 36.1 Å². The molecule has 5 nitrogen and oxygen atoms in total. The molecule has 1 aromatic carbocycles. The van der Waals surface area contributed by atoms with Crippen molar-refractivity contribution in [1.29, 1.82) is 0 Å². The first-order chi connectivity index (χ1) is 14.1. The van der Waals surface area contributed by atoms with E-state index in [0.29, 0.717) is 25.4 Å². The van der Waals surface area contributed by atoms with E-state index in [0.717, 1.165) is 28.6 Å². The zero-order valence-corrected chi connectivity index (χ0v) is 17.7. The minimum Gasteiger partial charge on any atom is -0.466 e. The van der Waals surface area contributed by atoms with Gasteiger partial charge in [-0.2, -0.15) is 0 Å². The molecule has 6 heteroatoms. The summed E-state index contributed by atoms with van der Waals surface area (Å²) in [6.07, 6.45) is 1.59. The standard InChI is InChI=1S/C23H26N2O3S/c1-3-28-23(27)18-10-7-12-24(15-18)22(26)20-14-21-19(11-13-29-21)25(20)16(2)17-8-5-4-6-9-17/h4-6,8-9,11,13-14,16,18H,3,7,10,12,15H2,1-2H3/t16-,18-/m0/s1. The highest BCUT2D eigenvalue weighted by Gasteiger charge is 2.32. The first-order valence-electron chi connectivity index (χ1n) is 10.2. The van der Waals surface area contributed by atoms with Crippen LogP contribution in [0.1, 0.15) is 48.8 Å². The number of fused-ring (bicyclic) bond motifs is 1. The van der Waals surface area contributed by atoms with Gasteiger partial charge in [-0.25, -0.2) is 0 Å². The van der Waals surface area contributed by atoms with Crippen molar-refractivity contribution in [3.05, 3.63) is 59.1 Å². The second-order valence-electron chi connectivity index (χ2n) is 7.50. The lowest BCUT2D eigenvalue weighted by atomic mass is 9.98. The van der Waals surface area contributed by atoms with Crippen LogP contribution in [0.3, 0.4) is 0 Å². The summed E-state index contributed by atoms with van der Waals surface area (Å²) in [7, 11) is 0. The molecule has 0 saturated carbocycles. The predicted molar refractivity (Wildman–Crippen MR) is 115 cm³/mol. The number of hydrogen-bond acceptors (Lipinski definition) is 4. The van der Waals surface area contributed by atoms with Crippen LogP contribution in [0.15, 0.2) is 47.8 Å². The second kappa shape index (κ2) is 8.41. The van der Waals surface area contributed by atoms with E-state index in [-0.39, 0.29) is 23.8 Å². The van der Waals surface area contributed by atoms with Crippen LogP contribution in [0.25, 0.3) is 10.2 Å². The molecule has 0 N–H and O–H groups in total. The molecule has 1 aliphatic rings. The molecule has 2 aromatic heterocycles. The molecule has 1 amide bonds. The lowest BCUT2D eigenvalue weighted by molar-refractivity contribution is -0.149. The van der Waals surface area contributed by atoms with Crippen LogP contribution in [-0.4, -0.2) is 41.0 Å². The normalized spacial score (nSPS) is 18.0. The molecule has 0 aliphatic carbocycles. The van der Waals surface area contributed by atoms with Gasteiger partial charge in [-0.1, -0.05) is 30.3 Å². The maximum absolute atomic E-state index is 13.5. The van der Waals surface area contributed by atoms with Crippen molar-refractivity contribution in [3.8, 4) is 0 Å². The number of carbonyl (C=O) groups excluding carboxylic acids is 2. The fraction of sp³-hybridized carbons (Fsp3) is 0.391. The molecule has 0 spiro atoms. The van der Waals surface area contributed by atoms with Crippen LogP contribution in [0.5, 0.6) is 0 Å². The topological polar surface area (TPSA) is 51.5 Å². The van der Waals surface area contributed by atoms with Gasteiger partial charge in [0.25, 0.3) is 5.91 Å². The number of benzene rings is 1. The van der Waals surface area contributed by atoms with Crippen LogP contribution in [0.4, 0.5) is 0 Å². The van der Waals surface area contributed by atoms with E-state index in [4.69, 9.17) is 4.74 Å². The summed E-state index contributed by atoms with van der Waals surface area (Å²) in [5.41, 5.74) is 2.93. The molecule has 152 valence electrons. The molecule has 0 unspecified atom stereocenters. The van der Waals surface area contributed by atoms with Crippen molar-refractivity contribution in [2.75, 3.05) is 19.7 Å². The quantitative estimate of drug-likeness (QED) is 0.572. The summed E-state index contributed by atoms with van der Waals surface area (Å²) in [6.45, 7) is 5.41. The first kappa shape index (κ1) is 19.7. The van der Waals surface area contributed by atoms with Crippen LogP contribution in [0.2, 0.25) is 0 Å². The minimum atomic E-state index is -0.233. The van der Waals surface area contributed by atoms with E-state index in [1.165, 1.54) is 0 Å². The monoisotopic (exact) mass is 410 g/mol. The van der Waals surface area contributed by atoms with Gasteiger partial charge in [0.15, 0.2) is 0 Å². The van der Waals surface area contributed by atoms with E-state index in [1.54, 1.807) is 11.3 Å². The predicted octanol–water partition coefficient (Wildman–Crippen LogP) is 4.73. The molecular formula is C23H26N2O3S. The van der Waals surface area contributed by atoms with Gasteiger partial charge in [-0.15, -0.1) is 11.3 Å². The Hall–Kier alpha value is -2.60. The fourth-order valence-electron chi connectivity index (χ4n) is 4.18. The number of hydrogen-bond donors (Lipinski definition) is 0. The van der Waals surface area contributed by atoms with Gasteiger partial charge in [0.2, 0.25) is 0 Å². The van der Waals surface area contributed by atoms with Crippen molar-refractivity contribution in [2.24, 2.45) is 5.92 Å². The Balaban J connectivity index is 1.66. The Morgan fingerprint density at radius 1 is 1.24 bits per heavy atom. The third kappa shape index (κ3) is 3.81. The number of aromatic nitrogens is 1. The molecule has 0 bridgehead atoms. The first-order valence-corrected chi connectivity index (χ1v) is 11.1. The number of likely N-dealkylation sites (tertiary alicyclic amines) is 1. The molecule has 3 aromatic rings. The smallest absolute Gasteiger partial charge is 0.310 e. The number of piperidine rings is 1. The van der Waals surface area contributed by atoms with Crippen LogP contribution in [-0.2, 0) is 9.53 Å². The summed E-state index contributed by atoms with van der Waals surface area (Å²) in [5, 5.41) is 2.06. The molecule has 2 atom stereocenters. The lowest BCUT2D eigenvalue weighted by Gasteiger charge is -2.32. The summed E-state index contributed by atoms with van der Waals surface area (Å²) in [5.74, 6) is -0.437. The fourth-order valence-corrected chi connectivity index (χ4v) is 4.99. The Morgan fingerprint density at radius 3 is 2.79 bits per heavy atom. The maximum Gasteiger partial charge on any atom is 0.310 e. The van der Waals surface area contributed by atoms with Crippen molar-refractivity contribution in [3.63, 3.8) is 0 Å². The van der Waals surface area contributed by atoms with Crippen LogP contribution in [0, 0.1) is 5.92 Å². The van der Waals surface area contributed by atoms with Gasteiger partial charge < -0.3 is 14.2 Å². The van der Waals surface area contributed by atoms with E-state index in [2.05, 4.69) is 35.1 Å². The summed E-state index contributed by atoms with van der Waals surface area (Å²) >= 11 is 1.65. The van der Waals surface area contributed by atoms with Gasteiger partial charge in [-0.05, 0) is 49.8 Å². The zero-order chi connectivity index (χ0) is 20.4. The highest BCUT2D eigenvalue weighted by atomic mass is 32.1. The lowest BCUT2D eigenvalue weighted by Crippen LogP contribution is -2.43. The van der Waals surface area contributed by atoms with Crippen molar-refractivity contribution < 1.29 is 14.3 Å². The summed E-state index contributed by atoms with van der Waals surface area (Å²) in [6, 6.07) is 14.3. The van der Waals surface area contributed by atoms with Crippen LogP contribution < -0.4 is 0 Å².